The van der Waals surface area contributed by atoms with Gasteiger partial charge in [-0.05, 0) is 44.7 Å². The standard InChI is InChI=1S/C13H24N2O3.ClH/c1-9(11-5-4-6-14-8-11)7-12(16)15-10(2)13(17)18-3;/h9-11,14H,4-8H2,1-3H3,(H,15,16);1H/t9?,10-,11?;/m1./s1. The van der Waals surface area contributed by atoms with Gasteiger partial charge in [0.1, 0.15) is 6.04 Å². The van der Waals surface area contributed by atoms with Gasteiger partial charge in [0.05, 0.1) is 7.11 Å². The van der Waals surface area contributed by atoms with Crippen molar-refractivity contribution in [3.05, 3.63) is 0 Å². The third-order valence-electron chi connectivity index (χ3n) is 3.58. The molecule has 0 bridgehead atoms. The maximum absolute atomic E-state index is 11.8. The van der Waals surface area contributed by atoms with E-state index in [4.69, 9.17) is 0 Å². The van der Waals surface area contributed by atoms with Crippen molar-refractivity contribution in [1.82, 2.24) is 10.6 Å². The number of hydrogen-bond acceptors (Lipinski definition) is 4. The first kappa shape index (κ1) is 18.2. The fourth-order valence-corrected chi connectivity index (χ4v) is 2.36. The highest BCUT2D eigenvalue weighted by Crippen LogP contribution is 2.22. The number of amides is 1. The predicted octanol–water partition coefficient (Wildman–Crippen LogP) is 1.11. The van der Waals surface area contributed by atoms with Gasteiger partial charge in [0.2, 0.25) is 5.91 Å². The number of piperidine rings is 1. The summed E-state index contributed by atoms with van der Waals surface area (Å²) in [5.74, 6) is 0.405. The summed E-state index contributed by atoms with van der Waals surface area (Å²) in [4.78, 5) is 23.0. The van der Waals surface area contributed by atoms with Crippen LogP contribution in [0.5, 0.6) is 0 Å². The van der Waals surface area contributed by atoms with Crippen LogP contribution in [0.3, 0.4) is 0 Å². The summed E-state index contributed by atoms with van der Waals surface area (Å²) in [5, 5.41) is 6.02. The molecule has 2 unspecified atom stereocenters. The molecular weight excluding hydrogens is 268 g/mol. The second-order valence-electron chi connectivity index (χ2n) is 5.10. The van der Waals surface area contributed by atoms with Crippen molar-refractivity contribution >= 4 is 24.3 Å². The molecule has 1 amide bonds. The molecule has 19 heavy (non-hydrogen) atoms. The summed E-state index contributed by atoms with van der Waals surface area (Å²) in [5.41, 5.74) is 0. The first-order valence-corrected chi connectivity index (χ1v) is 6.62. The van der Waals surface area contributed by atoms with Crippen LogP contribution in [0.2, 0.25) is 0 Å². The Morgan fingerprint density at radius 2 is 2.11 bits per heavy atom. The molecule has 0 saturated carbocycles. The summed E-state index contributed by atoms with van der Waals surface area (Å²) in [7, 11) is 1.32. The lowest BCUT2D eigenvalue weighted by atomic mass is 9.85. The molecule has 0 aromatic rings. The third kappa shape index (κ3) is 6.25. The van der Waals surface area contributed by atoms with E-state index in [2.05, 4.69) is 22.3 Å². The molecule has 112 valence electrons. The van der Waals surface area contributed by atoms with E-state index in [-0.39, 0.29) is 18.3 Å². The van der Waals surface area contributed by atoms with Crippen LogP contribution < -0.4 is 10.6 Å². The number of carbonyl (C=O) groups excluding carboxylic acids is 2. The van der Waals surface area contributed by atoms with Crippen LogP contribution >= 0.6 is 12.4 Å². The first-order valence-electron chi connectivity index (χ1n) is 6.62. The van der Waals surface area contributed by atoms with Gasteiger partial charge in [0.15, 0.2) is 0 Å². The Morgan fingerprint density at radius 1 is 1.42 bits per heavy atom. The van der Waals surface area contributed by atoms with Gasteiger partial charge >= 0.3 is 5.97 Å². The molecule has 0 radical (unpaired) electrons. The zero-order chi connectivity index (χ0) is 13.5. The van der Waals surface area contributed by atoms with E-state index in [1.54, 1.807) is 6.92 Å². The Hall–Kier alpha value is -0.810. The monoisotopic (exact) mass is 292 g/mol. The van der Waals surface area contributed by atoms with Crippen molar-refractivity contribution in [1.29, 1.82) is 0 Å². The van der Waals surface area contributed by atoms with E-state index < -0.39 is 12.0 Å². The Labute approximate surface area is 121 Å². The summed E-state index contributed by atoms with van der Waals surface area (Å²) in [6.45, 7) is 5.80. The fourth-order valence-electron chi connectivity index (χ4n) is 2.36. The molecule has 1 fully saturated rings. The number of ether oxygens (including phenoxy) is 1. The average molecular weight is 293 g/mol. The van der Waals surface area contributed by atoms with Gasteiger partial charge in [-0.15, -0.1) is 12.4 Å². The molecular formula is C13H25ClN2O3. The largest absolute Gasteiger partial charge is 0.467 e. The van der Waals surface area contributed by atoms with Crippen LogP contribution in [0.25, 0.3) is 0 Å². The summed E-state index contributed by atoms with van der Waals surface area (Å²) in [6, 6.07) is -0.570. The zero-order valence-electron chi connectivity index (χ0n) is 11.9. The quantitative estimate of drug-likeness (QED) is 0.745. The minimum Gasteiger partial charge on any atom is -0.467 e. The van der Waals surface area contributed by atoms with Gasteiger partial charge in [-0.25, -0.2) is 4.79 Å². The van der Waals surface area contributed by atoms with Crippen molar-refractivity contribution in [3.63, 3.8) is 0 Å². The molecule has 0 aromatic heterocycles. The Balaban J connectivity index is 0.00000324. The molecule has 2 N–H and O–H groups in total. The van der Waals surface area contributed by atoms with E-state index in [1.807, 2.05) is 0 Å². The van der Waals surface area contributed by atoms with Gasteiger partial charge in [-0.3, -0.25) is 4.79 Å². The van der Waals surface area contributed by atoms with E-state index >= 15 is 0 Å². The third-order valence-corrected chi connectivity index (χ3v) is 3.58. The second-order valence-corrected chi connectivity index (χ2v) is 5.10. The normalized spacial score (nSPS) is 21.7. The first-order chi connectivity index (χ1) is 8.54. The lowest BCUT2D eigenvalue weighted by molar-refractivity contribution is -0.144. The molecule has 6 heteroatoms. The number of esters is 1. The fraction of sp³-hybridized carbons (Fsp3) is 0.846. The molecule has 1 saturated heterocycles. The number of methoxy groups -OCH3 is 1. The number of carbonyl (C=O) groups is 2. The van der Waals surface area contributed by atoms with Gasteiger partial charge in [-0.2, -0.15) is 0 Å². The maximum Gasteiger partial charge on any atom is 0.328 e. The van der Waals surface area contributed by atoms with Gasteiger partial charge in [-0.1, -0.05) is 6.92 Å². The smallest absolute Gasteiger partial charge is 0.328 e. The number of halogens is 1. The van der Waals surface area contributed by atoms with Crippen LogP contribution in [0.1, 0.15) is 33.1 Å². The van der Waals surface area contributed by atoms with Gasteiger partial charge in [0, 0.05) is 6.42 Å². The van der Waals surface area contributed by atoms with Crippen molar-refractivity contribution in [2.24, 2.45) is 11.8 Å². The van der Waals surface area contributed by atoms with Crippen LogP contribution in [-0.2, 0) is 14.3 Å². The van der Waals surface area contributed by atoms with E-state index in [0.717, 1.165) is 13.1 Å². The highest BCUT2D eigenvalue weighted by Gasteiger charge is 2.23. The summed E-state index contributed by atoms with van der Waals surface area (Å²) < 4.78 is 4.57. The summed E-state index contributed by atoms with van der Waals surface area (Å²) in [6.07, 6.45) is 2.82. The number of nitrogens with one attached hydrogen (secondary N) is 2. The van der Waals surface area contributed by atoms with Crippen LogP contribution in [0.15, 0.2) is 0 Å². The number of rotatable bonds is 5. The van der Waals surface area contributed by atoms with Crippen molar-refractivity contribution in [3.8, 4) is 0 Å². The highest BCUT2D eigenvalue weighted by atomic mass is 35.5. The maximum atomic E-state index is 11.8. The molecule has 1 heterocycles. The lowest BCUT2D eigenvalue weighted by Crippen LogP contribution is -2.41. The predicted molar refractivity (Wildman–Crippen MR) is 76.2 cm³/mol. The van der Waals surface area contributed by atoms with E-state index in [1.165, 1.54) is 20.0 Å². The van der Waals surface area contributed by atoms with Crippen LogP contribution in [0, 0.1) is 11.8 Å². The number of hydrogen-bond donors (Lipinski definition) is 2. The minimum absolute atomic E-state index is 0. The van der Waals surface area contributed by atoms with Crippen LogP contribution in [0.4, 0.5) is 0 Å². The highest BCUT2D eigenvalue weighted by molar-refractivity contribution is 5.85. The van der Waals surface area contributed by atoms with Crippen LogP contribution in [-0.4, -0.2) is 38.1 Å². The molecule has 0 spiro atoms. The van der Waals surface area contributed by atoms with Gasteiger partial charge < -0.3 is 15.4 Å². The van der Waals surface area contributed by atoms with Crippen molar-refractivity contribution in [2.75, 3.05) is 20.2 Å². The molecule has 1 aliphatic rings. The summed E-state index contributed by atoms with van der Waals surface area (Å²) >= 11 is 0. The molecule has 0 aromatic carbocycles. The Morgan fingerprint density at radius 3 is 2.63 bits per heavy atom. The topological polar surface area (TPSA) is 67.4 Å². The van der Waals surface area contributed by atoms with Crippen molar-refractivity contribution < 1.29 is 14.3 Å². The van der Waals surface area contributed by atoms with E-state index in [0.29, 0.717) is 18.3 Å². The molecule has 3 atom stereocenters. The average Bonchev–Trinajstić information content (AvgIpc) is 2.38. The van der Waals surface area contributed by atoms with Gasteiger partial charge in [0.25, 0.3) is 0 Å². The Kier molecular flexibility index (Phi) is 8.76. The SMILES string of the molecule is COC(=O)[C@@H](C)NC(=O)CC(C)C1CCCNC1.Cl. The molecule has 1 aliphatic heterocycles. The second kappa shape index (κ2) is 9.15. The lowest BCUT2D eigenvalue weighted by Gasteiger charge is -2.28. The van der Waals surface area contributed by atoms with E-state index in [9.17, 15) is 9.59 Å². The zero-order valence-corrected chi connectivity index (χ0v) is 12.7. The minimum atomic E-state index is -0.570. The molecule has 1 rings (SSSR count). The van der Waals surface area contributed by atoms with Crippen molar-refractivity contribution in [2.45, 2.75) is 39.2 Å². The molecule has 5 nitrogen and oxygen atoms in total. The molecule has 0 aliphatic carbocycles. The Bertz CT molecular complexity index is 294.